The first-order chi connectivity index (χ1) is 13.9. The molecular formula is C19H16F3N5OS. The Morgan fingerprint density at radius 1 is 1.17 bits per heavy atom. The van der Waals surface area contributed by atoms with Crippen LogP contribution in [0, 0.1) is 0 Å². The summed E-state index contributed by atoms with van der Waals surface area (Å²) >= 11 is 1.39. The van der Waals surface area contributed by atoms with Crippen molar-refractivity contribution in [1.82, 2.24) is 24.8 Å². The Morgan fingerprint density at radius 2 is 1.97 bits per heavy atom. The Balaban J connectivity index is 1.55. The number of thiophene rings is 1. The third-order valence-corrected chi connectivity index (χ3v) is 5.46. The highest BCUT2D eigenvalue weighted by Gasteiger charge is 2.35. The van der Waals surface area contributed by atoms with Crippen LogP contribution < -0.4 is 0 Å². The summed E-state index contributed by atoms with van der Waals surface area (Å²) in [6, 6.07) is 2.72. The van der Waals surface area contributed by atoms with E-state index in [2.05, 4.69) is 19.9 Å². The fourth-order valence-electron chi connectivity index (χ4n) is 3.26. The van der Waals surface area contributed by atoms with E-state index in [0.717, 1.165) is 6.07 Å². The summed E-state index contributed by atoms with van der Waals surface area (Å²) in [5.41, 5.74) is 0.212. The molecule has 10 heteroatoms. The predicted octanol–water partition coefficient (Wildman–Crippen LogP) is 4.03. The van der Waals surface area contributed by atoms with Gasteiger partial charge in [0.25, 0.3) is 5.91 Å². The number of hydrogen-bond acceptors (Lipinski definition) is 6. The number of rotatable bonds is 3. The van der Waals surface area contributed by atoms with Crippen molar-refractivity contribution < 1.29 is 18.0 Å². The summed E-state index contributed by atoms with van der Waals surface area (Å²) in [7, 11) is 0. The largest absolute Gasteiger partial charge is 0.433 e. The fourth-order valence-corrected chi connectivity index (χ4v) is 3.91. The zero-order valence-electron chi connectivity index (χ0n) is 15.1. The highest BCUT2D eigenvalue weighted by Crippen LogP contribution is 2.34. The van der Waals surface area contributed by atoms with Crippen LogP contribution >= 0.6 is 11.3 Å². The van der Waals surface area contributed by atoms with Crippen LogP contribution in [-0.2, 0) is 6.18 Å². The summed E-state index contributed by atoms with van der Waals surface area (Å²) in [6.45, 7) is 0.793. The Hall–Kier alpha value is -2.88. The zero-order valence-corrected chi connectivity index (χ0v) is 16.0. The summed E-state index contributed by atoms with van der Waals surface area (Å²) in [5, 5.41) is 3.55. The molecule has 1 amide bonds. The van der Waals surface area contributed by atoms with Crippen LogP contribution in [0.1, 0.15) is 40.8 Å². The van der Waals surface area contributed by atoms with E-state index in [1.807, 2.05) is 0 Å². The van der Waals surface area contributed by atoms with Gasteiger partial charge in [0.05, 0.1) is 11.9 Å². The molecule has 3 aromatic heterocycles. The Bertz CT molecular complexity index is 987. The lowest BCUT2D eigenvalue weighted by atomic mass is 9.95. The van der Waals surface area contributed by atoms with Crippen molar-refractivity contribution >= 4 is 17.2 Å². The third kappa shape index (κ3) is 4.26. The van der Waals surface area contributed by atoms with Crippen molar-refractivity contribution in [3.05, 3.63) is 58.7 Å². The average molecular weight is 419 g/mol. The van der Waals surface area contributed by atoms with E-state index in [0.29, 0.717) is 31.5 Å². The lowest BCUT2D eigenvalue weighted by molar-refractivity contribution is -0.141. The van der Waals surface area contributed by atoms with Crippen LogP contribution in [0.2, 0.25) is 0 Å². The van der Waals surface area contributed by atoms with Gasteiger partial charge in [0.15, 0.2) is 0 Å². The first-order valence-corrected chi connectivity index (χ1v) is 9.90. The first-order valence-electron chi connectivity index (χ1n) is 8.96. The van der Waals surface area contributed by atoms with Crippen molar-refractivity contribution in [3.63, 3.8) is 0 Å². The maximum atomic E-state index is 13.4. The molecule has 150 valence electrons. The van der Waals surface area contributed by atoms with Gasteiger partial charge in [-0.3, -0.25) is 9.78 Å². The molecule has 0 saturated carbocycles. The Labute approximate surface area is 168 Å². The number of aromatic nitrogens is 4. The highest BCUT2D eigenvalue weighted by atomic mass is 32.1. The van der Waals surface area contributed by atoms with Crippen LogP contribution in [0.3, 0.4) is 0 Å². The molecule has 0 radical (unpaired) electrons. The minimum Gasteiger partial charge on any atom is -0.337 e. The van der Waals surface area contributed by atoms with Crippen molar-refractivity contribution in [2.24, 2.45) is 0 Å². The van der Waals surface area contributed by atoms with Gasteiger partial charge in [0.1, 0.15) is 17.2 Å². The molecule has 1 aliphatic rings. The van der Waals surface area contributed by atoms with Crippen molar-refractivity contribution in [1.29, 1.82) is 0 Å². The first kappa shape index (κ1) is 19.4. The number of nitrogens with zero attached hydrogens (tertiary/aromatic N) is 5. The number of carbonyl (C=O) groups is 1. The van der Waals surface area contributed by atoms with E-state index in [4.69, 9.17) is 0 Å². The topological polar surface area (TPSA) is 71.9 Å². The Morgan fingerprint density at radius 3 is 2.59 bits per heavy atom. The molecule has 0 atom stereocenters. The summed E-state index contributed by atoms with van der Waals surface area (Å²) in [5.74, 6) is -0.311. The summed E-state index contributed by atoms with van der Waals surface area (Å²) in [4.78, 5) is 30.2. The van der Waals surface area contributed by atoms with E-state index in [1.165, 1.54) is 29.9 Å². The highest BCUT2D eigenvalue weighted by molar-refractivity contribution is 7.08. The Kier molecular flexibility index (Phi) is 5.27. The molecule has 29 heavy (non-hydrogen) atoms. The number of hydrogen-bond donors (Lipinski definition) is 0. The molecule has 0 N–H and O–H groups in total. The number of alkyl halides is 3. The van der Waals surface area contributed by atoms with Gasteiger partial charge in [0, 0.05) is 42.3 Å². The van der Waals surface area contributed by atoms with Crippen LogP contribution in [-0.4, -0.2) is 43.8 Å². The van der Waals surface area contributed by atoms with E-state index in [-0.39, 0.29) is 29.0 Å². The minimum atomic E-state index is -4.55. The van der Waals surface area contributed by atoms with E-state index in [9.17, 15) is 18.0 Å². The van der Waals surface area contributed by atoms with Crippen LogP contribution in [0.5, 0.6) is 0 Å². The standard InChI is InChI=1S/C19H16F3N5OS/c20-19(21,22)16-9-14(13-3-8-29-11-13)25-17(26-16)12-1-6-27(7-2-12)18(28)15-10-23-4-5-24-15/h3-5,8-12H,1-2,6-7H2. The van der Waals surface area contributed by atoms with Gasteiger partial charge in [-0.05, 0) is 30.4 Å². The monoisotopic (exact) mass is 419 g/mol. The zero-order chi connectivity index (χ0) is 20.4. The quantitative estimate of drug-likeness (QED) is 0.641. The second-order valence-corrected chi connectivity index (χ2v) is 7.44. The number of likely N-dealkylation sites (tertiary alicyclic amines) is 1. The molecule has 1 aliphatic heterocycles. The van der Waals surface area contributed by atoms with Gasteiger partial charge in [-0.25, -0.2) is 15.0 Å². The van der Waals surface area contributed by atoms with E-state index in [1.54, 1.807) is 21.7 Å². The van der Waals surface area contributed by atoms with Gasteiger partial charge in [0.2, 0.25) is 0 Å². The molecule has 4 heterocycles. The second-order valence-electron chi connectivity index (χ2n) is 6.66. The molecule has 4 rings (SSSR count). The van der Waals surface area contributed by atoms with Crippen LogP contribution in [0.15, 0.2) is 41.5 Å². The maximum Gasteiger partial charge on any atom is 0.433 e. The van der Waals surface area contributed by atoms with Gasteiger partial charge >= 0.3 is 6.18 Å². The molecule has 0 unspecified atom stereocenters. The second kappa shape index (κ2) is 7.86. The van der Waals surface area contributed by atoms with Gasteiger partial charge in [-0.2, -0.15) is 24.5 Å². The third-order valence-electron chi connectivity index (χ3n) is 4.78. The van der Waals surface area contributed by atoms with Crippen molar-refractivity contribution in [2.45, 2.75) is 24.9 Å². The fraction of sp³-hybridized carbons (Fsp3) is 0.316. The SMILES string of the molecule is O=C(c1cnccn1)N1CCC(c2nc(-c3ccsc3)cc(C(F)(F)F)n2)CC1. The van der Waals surface area contributed by atoms with Gasteiger partial charge in [-0.15, -0.1) is 0 Å². The smallest absolute Gasteiger partial charge is 0.337 e. The molecule has 0 aliphatic carbocycles. The molecule has 1 saturated heterocycles. The lowest BCUT2D eigenvalue weighted by Crippen LogP contribution is -2.38. The number of carbonyl (C=O) groups excluding carboxylic acids is 1. The van der Waals surface area contributed by atoms with E-state index < -0.39 is 11.9 Å². The van der Waals surface area contributed by atoms with Crippen LogP contribution in [0.25, 0.3) is 11.3 Å². The average Bonchev–Trinajstić information content (AvgIpc) is 3.28. The molecule has 0 spiro atoms. The summed E-state index contributed by atoms with van der Waals surface area (Å²) < 4.78 is 40.1. The minimum absolute atomic E-state index is 0.174. The van der Waals surface area contributed by atoms with Gasteiger partial charge < -0.3 is 4.90 Å². The molecule has 0 bridgehead atoms. The predicted molar refractivity (Wildman–Crippen MR) is 100 cm³/mol. The number of piperidine rings is 1. The number of halogens is 3. The lowest BCUT2D eigenvalue weighted by Gasteiger charge is -2.31. The van der Waals surface area contributed by atoms with Gasteiger partial charge in [-0.1, -0.05) is 0 Å². The normalized spacial score (nSPS) is 15.5. The molecular weight excluding hydrogens is 403 g/mol. The van der Waals surface area contributed by atoms with E-state index >= 15 is 0 Å². The number of amides is 1. The molecule has 3 aromatic rings. The molecule has 6 nitrogen and oxygen atoms in total. The molecule has 0 aromatic carbocycles. The molecule has 1 fully saturated rings. The van der Waals surface area contributed by atoms with Crippen LogP contribution in [0.4, 0.5) is 13.2 Å². The van der Waals surface area contributed by atoms with Crippen molar-refractivity contribution in [3.8, 4) is 11.3 Å². The maximum absolute atomic E-state index is 13.4. The summed E-state index contributed by atoms with van der Waals surface area (Å²) in [6.07, 6.45) is 0.747. The van der Waals surface area contributed by atoms with Crippen molar-refractivity contribution in [2.75, 3.05) is 13.1 Å².